The summed E-state index contributed by atoms with van der Waals surface area (Å²) in [6.45, 7) is 0. The second-order valence-corrected chi connectivity index (χ2v) is 3.16. The number of rotatable bonds is 4. The van der Waals surface area contributed by atoms with Crippen molar-refractivity contribution in [2.45, 2.75) is 12.8 Å². The number of aryl methyl sites for hydroxylation is 1. The Bertz CT molecular complexity index is 339. The molecule has 0 aliphatic heterocycles. The maximum Gasteiger partial charge on any atom is 0.140 e. The minimum Gasteiger partial charge on any atom is -0.495 e. The first-order valence-corrected chi connectivity index (χ1v) is 4.52. The lowest BCUT2D eigenvalue weighted by molar-refractivity contribution is -0.107. The van der Waals surface area contributed by atoms with Crippen molar-refractivity contribution in [2.24, 2.45) is 0 Å². The minimum absolute atomic E-state index is 0.299. The molecule has 0 heterocycles. The van der Waals surface area contributed by atoms with Crippen LogP contribution in [-0.2, 0) is 11.2 Å². The number of aldehydes is 1. The number of halogens is 2. The molecule has 0 spiro atoms. The number of carbonyl (C=O) groups is 1. The van der Waals surface area contributed by atoms with Crippen molar-refractivity contribution in [2.75, 3.05) is 7.11 Å². The molecule has 0 amide bonds. The fourth-order valence-electron chi connectivity index (χ4n) is 1.16. The smallest absolute Gasteiger partial charge is 0.140 e. The van der Waals surface area contributed by atoms with Crippen molar-refractivity contribution >= 4 is 17.9 Å². The zero-order valence-electron chi connectivity index (χ0n) is 7.72. The number of ether oxygens (including phenoxy) is 1. The van der Waals surface area contributed by atoms with Crippen molar-refractivity contribution < 1.29 is 13.9 Å². The summed E-state index contributed by atoms with van der Waals surface area (Å²) in [6, 6.07) is 2.53. The van der Waals surface area contributed by atoms with Gasteiger partial charge in [0.25, 0.3) is 0 Å². The van der Waals surface area contributed by atoms with Gasteiger partial charge in [0.15, 0.2) is 0 Å². The maximum absolute atomic E-state index is 13.0. The number of carbonyl (C=O) groups excluding carboxylic acids is 1. The lowest BCUT2D eigenvalue weighted by Crippen LogP contribution is -1.93. The Morgan fingerprint density at radius 3 is 2.86 bits per heavy atom. The Balaban J connectivity index is 3.02. The molecule has 0 atom stereocenters. The van der Waals surface area contributed by atoms with Gasteiger partial charge in [-0.3, -0.25) is 0 Å². The molecule has 0 aliphatic rings. The average Bonchev–Trinajstić information content (AvgIpc) is 2.18. The van der Waals surface area contributed by atoms with Gasteiger partial charge < -0.3 is 9.53 Å². The predicted octanol–water partition coefficient (Wildman–Crippen LogP) is 2.62. The monoisotopic (exact) mass is 216 g/mol. The van der Waals surface area contributed by atoms with Crippen LogP contribution in [0.2, 0.25) is 5.02 Å². The lowest BCUT2D eigenvalue weighted by atomic mass is 10.1. The molecule has 1 aromatic rings. The van der Waals surface area contributed by atoms with Crippen LogP contribution in [0.25, 0.3) is 0 Å². The van der Waals surface area contributed by atoms with Gasteiger partial charge in [0.1, 0.15) is 17.9 Å². The first-order chi connectivity index (χ1) is 6.69. The standard InChI is InChI=1S/C10H10ClFO2/c1-14-9-6-8(12)5-7(10(9)11)3-2-4-13/h4-6H,2-3H2,1H3. The first kappa shape index (κ1) is 11.0. The normalized spacial score (nSPS) is 9.93. The second kappa shape index (κ2) is 4.96. The fourth-order valence-corrected chi connectivity index (χ4v) is 1.44. The Kier molecular flexibility index (Phi) is 3.89. The van der Waals surface area contributed by atoms with Crippen LogP contribution in [0.4, 0.5) is 4.39 Å². The molecule has 0 unspecified atom stereocenters. The van der Waals surface area contributed by atoms with Gasteiger partial charge in [-0.15, -0.1) is 0 Å². The summed E-state index contributed by atoms with van der Waals surface area (Å²) >= 11 is 5.91. The van der Waals surface area contributed by atoms with Gasteiger partial charge in [-0.25, -0.2) is 4.39 Å². The van der Waals surface area contributed by atoms with Gasteiger partial charge in [-0.05, 0) is 18.1 Å². The van der Waals surface area contributed by atoms with Crippen molar-refractivity contribution in [1.29, 1.82) is 0 Å². The van der Waals surface area contributed by atoms with Gasteiger partial charge in [0.05, 0.1) is 12.1 Å². The van der Waals surface area contributed by atoms with Gasteiger partial charge in [0, 0.05) is 12.5 Å². The molecule has 0 N–H and O–H groups in total. The molecule has 14 heavy (non-hydrogen) atoms. The Morgan fingerprint density at radius 2 is 2.29 bits per heavy atom. The summed E-state index contributed by atoms with van der Waals surface area (Å²) in [5.74, 6) is -0.111. The summed E-state index contributed by atoms with van der Waals surface area (Å²) in [5, 5.41) is 0.371. The minimum atomic E-state index is -0.410. The van der Waals surface area contributed by atoms with Crippen molar-refractivity contribution in [3.05, 3.63) is 28.5 Å². The quantitative estimate of drug-likeness (QED) is 0.724. The highest BCUT2D eigenvalue weighted by Crippen LogP contribution is 2.29. The number of hydrogen-bond acceptors (Lipinski definition) is 2. The van der Waals surface area contributed by atoms with Crippen molar-refractivity contribution in [3.63, 3.8) is 0 Å². The summed E-state index contributed by atoms with van der Waals surface area (Å²) in [7, 11) is 1.42. The van der Waals surface area contributed by atoms with E-state index in [4.69, 9.17) is 16.3 Å². The van der Waals surface area contributed by atoms with Gasteiger partial charge in [0.2, 0.25) is 0 Å². The SMILES string of the molecule is COc1cc(F)cc(CCC=O)c1Cl. The van der Waals surface area contributed by atoms with Crippen LogP contribution in [0, 0.1) is 5.82 Å². The summed E-state index contributed by atoms with van der Waals surface area (Å²) < 4.78 is 17.9. The third-order valence-corrected chi connectivity index (χ3v) is 2.26. The van der Waals surface area contributed by atoms with E-state index in [-0.39, 0.29) is 0 Å². The Labute approximate surface area is 86.6 Å². The summed E-state index contributed by atoms with van der Waals surface area (Å²) in [6.07, 6.45) is 1.52. The molecule has 0 aliphatic carbocycles. The van der Waals surface area contributed by atoms with E-state index in [1.54, 1.807) is 0 Å². The van der Waals surface area contributed by atoms with E-state index >= 15 is 0 Å². The van der Waals surface area contributed by atoms with E-state index in [1.165, 1.54) is 19.2 Å². The van der Waals surface area contributed by atoms with E-state index in [1.807, 2.05) is 0 Å². The van der Waals surface area contributed by atoms with Gasteiger partial charge in [-0.1, -0.05) is 11.6 Å². The third kappa shape index (κ3) is 2.45. The van der Waals surface area contributed by atoms with Crippen molar-refractivity contribution in [1.82, 2.24) is 0 Å². The molecule has 0 fully saturated rings. The van der Waals surface area contributed by atoms with E-state index in [2.05, 4.69) is 0 Å². The van der Waals surface area contributed by atoms with Crippen LogP contribution in [0.5, 0.6) is 5.75 Å². The van der Waals surface area contributed by atoms with Crippen LogP contribution in [0.15, 0.2) is 12.1 Å². The first-order valence-electron chi connectivity index (χ1n) is 4.14. The molecule has 4 heteroatoms. The summed E-state index contributed by atoms with van der Waals surface area (Å²) in [5.41, 5.74) is 0.593. The molecule has 1 aromatic carbocycles. The zero-order valence-corrected chi connectivity index (χ0v) is 8.47. The van der Waals surface area contributed by atoms with E-state index in [0.29, 0.717) is 29.2 Å². The topological polar surface area (TPSA) is 26.3 Å². The molecule has 1 rings (SSSR count). The van der Waals surface area contributed by atoms with Crippen LogP contribution in [0.3, 0.4) is 0 Å². The fraction of sp³-hybridized carbons (Fsp3) is 0.300. The summed E-state index contributed by atoms with van der Waals surface area (Å²) in [4.78, 5) is 10.2. The van der Waals surface area contributed by atoms with Crippen LogP contribution >= 0.6 is 11.6 Å². The molecule has 0 saturated heterocycles. The number of methoxy groups -OCH3 is 1. The highest BCUT2D eigenvalue weighted by molar-refractivity contribution is 6.32. The van der Waals surface area contributed by atoms with Crippen LogP contribution in [-0.4, -0.2) is 13.4 Å². The average molecular weight is 217 g/mol. The van der Waals surface area contributed by atoms with E-state index < -0.39 is 5.82 Å². The highest BCUT2D eigenvalue weighted by atomic mass is 35.5. The van der Waals surface area contributed by atoms with Crippen LogP contribution in [0.1, 0.15) is 12.0 Å². The molecular formula is C10H10ClFO2. The van der Waals surface area contributed by atoms with Crippen LogP contribution < -0.4 is 4.74 Å². The second-order valence-electron chi connectivity index (χ2n) is 2.79. The van der Waals surface area contributed by atoms with E-state index in [9.17, 15) is 9.18 Å². The molecule has 76 valence electrons. The van der Waals surface area contributed by atoms with Gasteiger partial charge >= 0.3 is 0 Å². The lowest BCUT2D eigenvalue weighted by Gasteiger charge is -2.07. The number of benzene rings is 1. The molecule has 2 nitrogen and oxygen atoms in total. The molecular weight excluding hydrogens is 207 g/mol. The van der Waals surface area contributed by atoms with Gasteiger partial charge in [-0.2, -0.15) is 0 Å². The highest BCUT2D eigenvalue weighted by Gasteiger charge is 2.09. The Hall–Kier alpha value is -1.09. The van der Waals surface area contributed by atoms with Crippen molar-refractivity contribution in [3.8, 4) is 5.75 Å². The molecule has 0 saturated carbocycles. The molecule has 0 radical (unpaired) electrons. The predicted molar refractivity (Wildman–Crippen MR) is 52.3 cm³/mol. The molecule has 0 bridgehead atoms. The largest absolute Gasteiger partial charge is 0.495 e. The van der Waals surface area contributed by atoms with E-state index in [0.717, 1.165) is 6.29 Å². The number of hydrogen-bond donors (Lipinski definition) is 0. The zero-order chi connectivity index (χ0) is 10.6. The third-order valence-electron chi connectivity index (χ3n) is 1.83. The Morgan fingerprint density at radius 1 is 1.57 bits per heavy atom. The maximum atomic E-state index is 13.0. The molecule has 0 aromatic heterocycles.